The molecule has 2 aliphatic rings. The molecule has 0 spiro atoms. The lowest BCUT2D eigenvalue weighted by Gasteiger charge is -2.26. The summed E-state index contributed by atoms with van der Waals surface area (Å²) in [5, 5.41) is 2.33. The first-order valence-electron chi connectivity index (χ1n) is 21.8. The monoisotopic (exact) mass is 837 g/mol. The average Bonchev–Trinajstić information content (AvgIpc) is 3.65. The third-order valence-corrected chi connectivity index (χ3v) is 13.2. The van der Waals surface area contributed by atoms with Crippen LogP contribution in [0.3, 0.4) is 0 Å². The van der Waals surface area contributed by atoms with Crippen LogP contribution in [0.5, 0.6) is 0 Å². The normalized spacial score (nSPS) is 13.8. The Morgan fingerprint density at radius 2 is 1.03 bits per heavy atom. The maximum atomic E-state index is 5.44. The largest absolute Gasteiger partial charge is 0.310 e. The third-order valence-electron chi connectivity index (χ3n) is 12.0. The molecule has 2 heterocycles. The molecule has 304 valence electrons. The standard InChI is InChI=1S/C60H43N3S/c1-41-38-55(49-25-14-24-48(39-49)44-20-10-4-11-21-44)61-60(62-59(41)47-22-12-5-13-23-47)54-26-15-27-56-58(54)53-37-36-52(40-57(53)64-56)63(50-32-28-45(29-33-50)42-16-6-2-7-17-42)51-34-30-46(31-35-51)43-18-8-3-9-19-43/h2-4,6-12,14-40H,1,5,13H2. The molecule has 0 N–H and O–H groups in total. The van der Waals surface area contributed by atoms with Gasteiger partial charge in [-0.1, -0.05) is 176 Å². The molecule has 1 aromatic heterocycles. The highest BCUT2D eigenvalue weighted by Gasteiger charge is 2.22. The van der Waals surface area contributed by atoms with Crippen LogP contribution in [0.15, 0.2) is 252 Å². The van der Waals surface area contributed by atoms with Crippen molar-refractivity contribution in [2.24, 2.45) is 9.98 Å². The van der Waals surface area contributed by atoms with Gasteiger partial charge in [0.15, 0.2) is 5.84 Å². The molecule has 0 amide bonds. The fourth-order valence-electron chi connectivity index (χ4n) is 8.83. The lowest BCUT2D eigenvalue weighted by atomic mass is 9.96. The molecule has 0 saturated heterocycles. The Labute approximate surface area is 378 Å². The highest BCUT2D eigenvalue weighted by Crippen LogP contribution is 2.43. The van der Waals surface area contributed by atoms with E-state index in [1.54, 1.807) is 0 Å². The molecule has 9 aromatic rings. The summed E-state index contributed by atoms with van der Waals surface area (Å²) in [6.07, 6.45) is 10.8. The van der Waals surface area contributed by atoms with E-state index in [1.165, 1.54) is 37.0 Å². The van der Waals surface area contributed by atoms with E-state index >= 15 is 0 Å². The zero-order chi connectivity index (χ0) is 42.8. The van der Waals surface area contributed by atoms with Gasteiger partial charge in [-0.15, -0.1) is 11.3 Å². The molecular weight excluding hydrogens is 795 g/mol. The number of nitrogens with zero attached hydrogens (tertiary/aromatic N) is 3. The van der Waals surface area contributed by atoms with Crippen LogP contribution in [0.2, 0.25) is 0 Å². The maximum absolute atomic E-state index is 5.44. The summed E-state index contributed by atoms with van der Waals surface area (Å²) in [6, 6.07) is 71.4. The first-order chi connectivity index (χ1) is 31.6. The zero-order valence-electron chi connectivity index (χ0n) is 35.2. The summed E-state index contributed by atoms with van der Waals surface area (Å²) in [7, 11) is 0. The number of thiophene rings is 1. The Morgan fingerprint density at radius 1 is 0.469 bits per heavy atom. The maximum Gasteiger partial charge on any atom is 0.161 e. The number of fused-ring (bicyclic) bond motifs is 3. The number of hydrogen-bond donors (Lipinski definition) is 0. The van der Waals surface area contributed by atoms with Crippen LogP contribution in [-0.2, 0) is 0 Å². The summed E-state index contributed by atoms with van der Waals surface area (Å²) < 4.78 is 2.38. The van der Waals surface area contributed by atoms with Crippen LogP contribution in [-0.4, -0.2) is 11.5 Å². The van der Waals surface area contributed by atoms with Crippen molar-refractivity contribution in [1.82, 2.24) is 0 Å². The lowest BCUT2D eigenvalue weighted by Crippen LogP contribution is -2.09. The van der Waals surface area contributed by atoms with E-state index in [0.29, 0.717) is 5.84 Å². The van der Waals surface area contributed by atoms with Crippen LogP contribution in [0.25, 0.3) is 59.3 Å². The van der Waals surface area contributed by atoms with Gasteiger partial charge in [0.2, 0.25) is 0 Å². The number of allylic oxidation sites excluding steroid dienone is 6. The van der Waals surface area contributed by atoms with E-state index in [-0.39, 0.29) is 0 Å². The number of amidine groups is 1. The van der Waals surface area contributed by atoms with Crippen molar-refractivity contribution < 1.29 is 0 Å². The molecule has 8 aromatic carbocycles. The molecule has 0 unspecified atom stereocenters. The fourth-order valence-corrected chi connectivity index (χ4v) is 10.00. The molecule has 64 heavy (non-hydrogen) atoms. The topological polar surface area (TPSA) is 28.0 Å². The average molecular weight is 838 g/mol. The van der Waals surface area contributed by atoms with Gasteiger partial charge < -0.3 is 4.90 Å². The van der Waals surface area contributed by atoms with E-state index in [9.17, 15) is 0 Å². The minimum Gasteiger partial charge on any atom is -0.310 e. The number of aliphatic imine (C=N–C) groups is 2. The fraction of sp³-hybridized carbons (Fsp3) is 0.0333. The summed E-state index contributed by atoms with van der Waals surface area (Å²) in [5.41, 5.74) is 16.0. The molecule has 4 heteroatoms. The van der Waals surface area contributed by atoms with Gasteiger partial charge in [0.25, 0.3) is 0 Å². The first kappa shape index (κ1) is 39.0. The summed E-state index contributed by atoms with van der Waals surface area (Å²) in [6.45, 7) is 4.58. The van der Waals surface area contributed by atoms with Crippen LogP contribution in [0.4, 0.5) is 17.1 Å². The highest BCUT2D eigenvalue weighted by molar-refractivity contribution is 7.26. The van der Waals surface area contributed by atoms with Crippen LogP contribution < -0.4 is 4.90 Å². The van der Waals surface area contributed by atoms with E-state index in [0.717, 1.165) is 80.1 Å². The second-order valence-corrected chi connectivity index (χ2v) is 17.2. The van der Waals surface area contributed by atoms with Crippen molar-refractivity contribution in [3.05, 3.63) is 253 Å². The molecule has 1 aliphatic heterocycles. The SMILES string of the molecule is C=C1C=C(c2cccc(-c3ccccc3)c2)N=C(c2cccc3sc4cc(N(c5ccc(-c6ccccc6)cc5)c5ccc(-c6ccccc6)cc5)ccc4c23)N=C1C1=CCCC=C1. The van der Waals surface area contributed by atoms with Gasteiger partial charge in [-0.25, -0.2) is 9.98 Å². The minimum atomic E-state index is 0.679. The van der Waals surface area contributed by atoms with E-state index in [4.69, 9.17) is 9.98 Å². The molecule has 0 fully saturated rings. The molecule has 0 atom stereocenters. The molecule has 1 aliphatic carbocycles. The Hall–Kier alpha value is -7.92. The minimum absolute atomic E-state index is 0.679. The van der Waals surface area contributed by atoms with Crippen molar-refractivity contribution in [2.45, 2.75) is 12.8 Å². The van der Waals surface area contributed by atoms with Crippen molar-refractivity contribution >= 4 is 65.8 Å². The van der Waals surface area contributed by atoms with Gasteiger partial charge in [-0.05, 0) is 112 Å². The van der Waals surface area contributed by atoms with Gasteiger partial charge in [0.1, 0.15) is 0 Å². The van der Waals surface area contributed by atoms with Crippen molar-refractivity contribution in [2.75, 3.05) is 4.90 Å². The van der Waals surface area contributed by atoms with E-state index < -0.39 is 0 Å². The third kappa shape index (κ3) is 7.66. The van der Waals surface area contributed by atoms with Gasteiger partial charge in [0, 0.05) is 48.4 Å². The van der Waals surface area contributed by atoms with E-state index in [1.807, 2.05) is 11.3 Å². The van der Waals surface area contributed by atoms with Crippen LogP contribution in [0, 0.1) is 0 Å². The Bertz CT molecular complexity index is 3270. The second kappa shape index (κ2) is 17.1. The summed E-state index contributed by atoms with van der Waals surface area (Å²) >= 11 is 1.81. The van der Waals surface area contributed by atoms with E-state index in [2.05, 4.69) is 236 Å². The van der Waals surface area contributed by atoms with Crippen molar-refractivity contribution in [3.63, 3.8) is 0 Å². The Balaban J connectivity index is 1.04. The van der Waals surface area contributed by atoms with Gasteiger partial charge >= 0.3 is 0 Å². The first-order valence-corrected chi connectivity index (χ1v) is 22.6. The molecule has 11 rings (SSSR count). The van der Waals surface area contributed by atoms with Crippen molar-refractivity contribution in [1.29, 1.82) is 0 Å². The number of benzene rings is 8. The molecular formula is C60H43N3S. The highest BCUT2D eigenvalue weighted by atomic mass is 32.1. The predicted octanol–water partition coefficient (Wildman–Crippen LogP) is 16.6. The van der Waals surface area contributed by atoms with Crippen molar-refractivity contribution in [3.8, 4) is 33.4 Å². The number of hydrogen-bond acceptors (Lipinski definition) is 4. The predicted molar refractivity (Wildman–Crippen MR) is 274 cm³/mol. The number of anilines is 3. The van der Waals surface area contributed by atoms with Gasteiger partial charge in [-0.2, -0.15) is 0 Å². The van der Waals surface area contributed by atoms with Gasteiger partial charge in [-0.3, -0.25) is 0 Å². The van der Waals surface area contributed by atoms with Crippen LogP contribution in [0.1, 0.15) is 24.0 Å². The Morgan fingerprint density at radius 3 is 1.66 bits per heavy atom. The smallest absolute Gasteiger partial charge is 0.161 e. The lowest BCUT2D eigenvalue weighted by molar-refractivity contribution is 1.03. The summed E-state index contributed by atoms with van der Waals surface area (Å²) in [4.78, 5) is 13.2. The number of rotatable bonds is 9. The zero-order valence-corrected chi connectivity index (χ0v) is 36.0. The second-order valence-electron chi connectivity index (χ2n) is 16.2. The molecule has 0 saturated carbocycles. The molecule has 0 bridgehead atoms. The summed E-state index contributed by atoms with van der Waals surface area (Å²) in [5.74, 6) is 0.679. The quantitative estimate of drug-likeness (QED) is 0.142. The molecule has 3 nitrogen and oxygen atoms in total. The van der Waals surface area contributed by atoms with Gasteiger partial charge in [0.05, 0.1) is 11.4 Å². The molecule has 0 radical (unpaired) electrons. The Kier molecular flexibility index (Phi) is 10.4. The van der Waals surface area contributed by atoms with Crippen LogP contribution >= 0.6 is 11.3 Å².